The predicted octanol–water partition coefficient (Wildman–Crippen LogP) is 1.45. The fourth-order valence-electron chi connectivity index (χ4n) is 1.76. The number of anilines is 1. The summed E-state index contributed by atoms with van der Waals surface area (Å²) in [4.78, 5) is 24.8. The van der Waals surface area contributed by atoms with Crippen LogP contribution in [0, 0.1) is 0 Å². The van der Waals surface area contributed by atoms with Crippen LogP contribution in [-0.4, -0.2) is 43.1 Å². The van der Waals surface area contributed by atoms with E-state index in [2.05, 4.69) is 0 Å². The molecule has 0 atom stereocenters. The van der Waals surface area contributed by atoms with Crippen molar-refractivity contribution in [2.75, 3.05) is 32.0 Å². The van der Waals surface area contributed by atoms with Crippen molar-refractivity contribution in [3.63, 3.8) is 0 Å². The van der Waals surface area contributed by atoms with Crippen molar-refractivity contribution in [2.24, 2.45) is 0 Å². The number of hydrogen-bond acceptors (Lipinski definition) is 5. The molecule has 2 N–H and O–H groups in total. The molecule has 116 valence electrons. The Labute approximate surface area is 124 Å². The topological polar surface area (TPSA) is 81.9 Å². The first-order chi connectivity index (χ1) is 10.1. The van der Waals surface area contributed by atoms with Gasteiger partial charge in [0, 0.05) is 6.54 Å². The van der Waals surface area contributed by atoms with E-state index in [0.29, 0.717) is 24.6 Å². The van der Waals surface area contributed by atoms with Crippen LogP contribution in [0.3, 0.4) is 0 Å². The fourth-order valence-corrected chi connectivity index (χ4v) is 1.76. The van der Waals surface area contributed by atoms with Crippen LogP contribution in [0.15, 0.2) is 24.3 Å². The van der Waals surface area contributed by atoms with Crippen LogP contribution < -0.4 is 10.5 Å². The predicted molar refractivity (Wildman–Crippen MR) is 79.9 cm³/mol. The Morgan fingerprint density at radius 2 is 1.95 bits per heavy atom. The number of carbonyl (C=O) groups excluding carboxylic acids is 2. The average molecular weight is 294 g/mol. The highest BCUT2D eigenvalue weighted by Gasteiger charge is 2.16. The number of likely N-dealkylation sites (N-methyl/N-ethyl adjacent to an activating group) is 1. The summed E-state index contributed by atoms with van der Waals surface area (Å²) in [6.07, 6.45) is 0.182. The molecule has 21 heavy (non-hydrogen) atoms. The van der Waals surface area contributed by atoms with E-state index in [4.69, 9.17) is 15.2 Å². The van der Waals surface area contributed by atoms with Gasteiger partial charge in [-0.2, -0.15) is 0 Å². The minimum Gasteiger partial charge on any atom is -0.491 e. The number of ether oxygens (including phenoxy) is 2. The molecule has 0 saturated heterocycles. The molecule has 0 heterocycles. The van der Waals surface area contributed by atoms with E-state index in [1.807, 2.05) is 19.1 Å². The maximum Gasteiger partial charge on any atom is 0.325 e. The minimum absolute atomic E-state index is 0.0311. The largest absolute Gasteiger partial charge is 0.491 e. The van der Waals surface area contributed by atoms with Gasteiger partial charge in [-0.15, -0.1) is 0 Å². The lowest BCUT2D eigenvalue weighted by molar-refractivity contribution is -0.149. The molecule has 0 aliphatic heterocycles. The van der Waals surface area contributed by atoms with Crippen molar-refractivity contribution in [3.8, 4) is 5.75 Å². The second-order valence-corrected chi connectivity index (χ2v) is 4.35. The molecule has 0 fully saturated rings. The molecule has 6 heteroatoms. The van der Waals surface area contributed by atoms with Gasteiger partial charge in [0.2, 0.25) is 5.91 Å². The van der Waals surface area contributed by atoms with E-state index in [-0.39, 0.29) is 25.5 Å². The molecule has 0 aliphatic rings. The van der Waals surface area contributed by atoms with Gasteiger partial charge in [0.25, 0.3) is 0 Å². The summed E-state index contributed by atoms with van der Waals surface area (Å²) < 4.78 is 10.3. The lowest BCUT2D eigenvalue weighted by Crippen LogP contribution is -2.36. The summed E-state index contributed by atoms with van der Waals surface area (Å²) in [5.41, 5.74) is 6.27. The number of amides is 1. The molecule has 1 amide bonds. The Balaban J connectivity index is 2.41. The number of nitrogen functional groups attached to an aromatic ring is 1. The third kappa shape index (κ3) is 5.72. The van der Waals surface area contributed by atoms with Crippen molar-refractivity contribution in [3.05, 3.63) is 24.3 Å². The Bertz CT molecular complexity index is 476. The van der Waals surface area contributed by atoms with E-state index in [1.54, 1.807) is 19.1 Å². The van der Waals surface area contributed by atoms with Crippen LogP contribution in [-0.2, 0) is 14.3 Å². The van der Waals surface area contributed by atoms with E-state index < -0.39 is 5.97 Å². The number of para-hydroxylation sites is 2. The van der Waals surface area contributed by atoms with Crippen molar-refractivity contribution < 1.29 is 19.1 Å². The third-order valence-electron chi connectivity index (χ3n) is 2.85. The molecular weight excluding hydrogens is 272 g/mol. The molecule has 1 rings (SSSR count). The Morgan fingerprint density at radius 1 is 1.24 bits per heavy atom. The normalized spacial score (nSPS) is 10.0. The number of rotatable bonds is 8. The van der Waals surface area contributed by atoms with Gasteiger partial charge in [-0.1, -0.05) is 12.1 Å². The van der Waals surface area contributed by atoms with E-state index in [9.17, 15) is 9.59 Å². The van der Waals surface area contributed by atoms with Crippen molar-refractivity contribution in [1.29, 1.82) is 0 Å². The standard InChI is InChI=1S/C15H22N2O4/c1-3-17(11-15(19)20-4-2)14(18)9-10-21-13-8-6-5-7-12(13)16/h5-8H,3-4,9-11,16H2,1-2H3. The summed E-state index contributed by atoms with van der Waals surface area (Å²) in [6, 6.07) is 7.10. The van der Waals surface area contributed by atoms with Crippen molar-refractivity contribution in [1.82, 2.24) is 4.90 Å². The number of nitrogens with zero attached hydrogens (tertiary/aromatic N) is 1. The monoisotopic (exact) mass is 294 g/mol. The second kappa shape index (κ2) is 8.84. The average Bonchev–Trinajstić information content (AvgIpc) is 2.47. The summed E-state index contributed by atoms with van der Waals surface area (Å²) in [7, 11) is 0. The van der Waals surface area contributed by atoms with Gasteiger partial charge in [0.1, 0.15) is 12.3 Å². The Hall–Kier alpha value is -2.24. The first-order valence-electron chi connectivity index (χ1n) is 6.99. The maximum atomic E-state index is 12.0. The Kier molecular flexibility index (Phi) is 7.08. The molecular formula is C15H22N2O4. The summed E-state index contributed by atoms with van der Waals surface area (Å²) in [6.45, 7) is 4.48. The zero-order valence-electron chi connectivity index (χ0n) is 12.5. The first kappa shape index (κ1) is 16.8. The number of benzene rings is 1. The van der Waals surface area contributed by atoms with Gasteiger partial charge < -0.3 is 20.1 Å². The highest BCUT2D eigenvalue weighted by molar-refractivity contribution is 5.82. The van der Waals surface area contributed by atoms with Gasteiger partial charge >= 0.3 is 5.97 Å². The minimum atomic E-state index is -0.402. The molecule has 6 nitrogen and oxygen atoms in total. The summed E-state index contributed by atoms with van der Waals surface area (Å²) in [5, 5.41) is 0. The van der Waals surface area contributed by atoms with E-state index >= 15 is 0 Å². The number of esters is 1. The molecule has 0 aliphatic carbocycles. The van der Waals surface area contributed by atoms with Gasteiger partial charge in [-0.05, 0) is 26.0 Å². The molecule has 0 bridgehead atoms. The van der Waals surface area contributed by atoms with E-state index in [1.165, 1.54) is 4.90 Å². The molecule has 0 aromatic heterocycles. The van der Waals surface area contributed by atoms with Crippen LogP contribution in [0.2, 0.25) is 0 Å². The van der Waals surface area contributed by atoms with Crippen molar-refractivity contribution >= 4 is 17.6 Å². The molecule has 0 unspecified atom stereocenters. The zero-order valence-corrected chi connectivity index (χ0v) is 12.5. The van der Waals surface area contributed by atoms with Crippen LogP contribution in [0.5, 0.6) is 5.75 Å². The summed E-state index contributed by atoms with van der Waals surface area (Å²) >= 11 is 0. The fraction of sp³-hybridized carbons (Fsp3) is 0.467. The number of hydrogen-bond donors (Lipinski definition) is 1. The lowest BCUT2D eigenvalue weighted by atomic mass is 10.3. The maximum absolute atomic E-state index is 12.0. The highest BCUT2D eigenvalue weighted by atomic mass is 16.5. The van der Waals surface area contributed by atoms with Gasteiger partial charge in [-0.25, -0.2) is 0 Å². The molecule has 0 saturated carbocycles. The molecule has 0 radical (unpaired) electrons. The van der Waals surface area contributed by atoms with Crippen LogP contribution in [0.1, 0.15) is 20.3 Å². The van der Waals surface area contributed by atoms with Gasteiger partial charge in [0.05, 0.1) is 25.3 Å². The van der Waals surface area contributed by atoms with Crippen molar-refractivity contribution in [2.45, 2.75) is 20.3 Å². The molecule has 1 aromatic rings. The van der Waals surface area contributed by atoms with Gasteiger partial charge in [-0.3, -0.25) is 9.59 Å². The Morgan fingerprint density at radius 3 is 2.57 bits per heavy atom. The first-order valence-corrected chi connectivity index (χ1v) is 6.99. The third-order valence-corrected chi connectivity index (χ3v) is 2.85. The lowest BCUT2D eigenvalue weighted by Gasteiger charge is -2.19. The SMILES string of the molecule is CCOC(=O)CN(CC)C(=O)CCOc1ccccc1N. The summed E-state index contributed by atoms with van der Waals surface area (Å²) in [5.74, 6) is -0.000260. The quantitative estimate of drug-likeness (QED) is 0.579. The zero-order chi connectivity index (χ0) is 15.7. The van der Waals surface area contributed by atoms with Gasteiger partial charge in [0.15, 0.2) is 0 Å². The highest BCUT2D eigenvalue weighted by Crippen LogP contribution is 2.19. The molecule has 0 spiro atoms. The number of carbonyl (C=O) groups is 2. The smallest absolute Gasteiger partial charge is 0.325 e. The van der Waals surface area contributed by atoms with Crippen LogP contribution >= 0.6 is 0 Å². The van der Waals surface area contributed by atoms with E-state index in [0.717, 1.165) is 0 Å². The van der Waals surface area contributed by atoms with Crippen LogP contribution in [0.25, 0.3) is 0 Å². The molecule has 1 aromatic carbocycles. The second-order valence-electron chi connectivity index (χ2n) is 4.35. The number of nitrogens with two attached hydrogens (primary N) is 1. The van der Waals surface area contributed by atoms with Crippen LogP contribution in [0.4, 0.5) is 5.69 Å².